The summed E-state index contributed by atoms with van der Waals surface area (Å²) in [6, 6.07) is 9.25. The van der Waals surface area contributed by atoms with Gasteiger partial charge in [0, 0.05) is 5.69 Å². The van der Waals surface area contributed by atoms with Crippen LogP contribution in [0.25, 0.3) is 10.8 Å². The second-order valence-electron chi connectivity index (χ2n) is 3.46. The lowest BCUT2D eigenvalue weighted by Gasteiger charge is -2.03. The van der Waals surface area contributed by atoms with Crippen LogP contribution in [0.2, 0.25) is 0 Å². The Morgan fingerprint density at radius 3 is 2.35 bits per heavy atom. The Hall–Kier alpha value is -1.92. The molecule has 0 aliphatic rings. The second kappa shape index (κ2) is 4.15. The van der Waals surface area contributed by atoms with Gasteiger partial charge in [0.25, 0.3) is 10.1 Å². The van der Waals surface area contributed by atoms with Crippen molar-refractivity contribution >= 4 is 33.0 Å². The predicted octanol–water partition coefficient (Wildman–Crippen LogP) is 1.65. The zero-order valence-electron chi connectivity index (χ0n) is 8.62. The number of hydrogen-bond acceptors (Lipinski definition) is 3. The van der Waals surface area contributed by atoms with Crippen molar-refractivity contribution in [1.29, 1.82) is 0 Å². The first kappa shape index (κ1) is 11.6. The fraction of sp³-hybridized carbons (Fsp3) is 0. The van der Waals surface area contributed by atoms with E-state index in [9.17, 15) is 13.2 Å². The van der Waals surface area contributed by atoms with Crippen LogP contribution in [-0.4, -0.2) is 19.4 Å². The van der Waals surface area contributed by atoms with Crippen molar-refractivity contribution in [3.05, 3.63) is 36.4 Å². The Labute approximate surface area is 97.8 Å². The summed E-state index contributed by atoms with van der Waals surface area (Å²) in [6.45, 7) is 0. The summed E-state index contributed by atoms with van der Waals surface area (Å²) in [5.74, 6) is 0. The summed E-state index contributed by atoms with van der Waals surface area (Å²) in [4.78, 5) is 10.1. The maximum atomic E-state index is 10.9. The number of nitrogens with one attached hydrogen (secondary N) is 1. The molecule has 0 radical (unpaired) electrons. The van der Waals surface area contributed by atoms with Crippen LogP contribution in [0.4, 0.5) is 5.69 Å². The van der Waals surface area contributed by atoms with Crippen molar-refractivity contribution in [1.82, 2.24) is 0 Å². The van der Waals surface area contributed by atoms with Gasteiger partial charge in [0.05, 0.1) is 4.90 Å². The van der Waals surface area contributed by atoms with Crippen LogP contribution in [0.15, 0.2) is 41.3 Å². The van der Waals surface area contributed by atoms with Crippen molar-refractivity contribution in [2.75, 3.05) is 5.32 Å². The highest BCUT2D eigenvalue weighted by atomic mass is 32.2. The first-order chi connectivity index (χ1) is 8.00. The van der Waals surface area contributed by atoms with Crippen molar-refractivity contribution in [2.45, 2.75) is 4.90 Å². The number of rotatable bonds is 3. The normalized spacial score (nSPS) is 11.4. The SMILES string of the molecule is O=CNc1ccc2cc(S(=O)(=O)O)ccc2c1. The minimum Gasteiger partial charge on any atom is -0.329 e. The van der Waals surface area contributed by atoms with E-state index in [4.69, 9.17) is 4.55 Å². The first-order valence-corrected chi connectivity index (χ1v) is 6.16. The quantitative estimate of drug-likeness (QED) is 0.641. The fourth-order valence-corrected chi connectivity index (χ4v) is 2.06. The van der Waals surface area contributed by atoms with Gasteiger partial charge in [-0.25, -0.2) is 0 Å². The molecule has 0 aliphatic heterocycles. The van der Waals surface area contributed by atoms with Gasteiger partial charge >= 0.3 is 0 Å². The lowest BCUT2D eigenvalue weighted by atomic mass is 10.1. The molecule has 0 bridgehead atoms. The number of hydrogen-bond donors (Lipinski definition) is 2. The summed E-state index contributed by atoms with van der Waals surface area (Å²) in [5, 5.41) is 3.93. The Morgan fingerprint density at radius 1 is 1.06 bits per heavy atom. The summed E-state index contributed by atoms with van der Waals surface area (Å²) < 4.78 is 30.8. The zero-order valence-corrected chi connectivity index (χ0v) is 9.44. The summed E-state index contributed by atoms with van der Waals surface area (Å²) in [6.07, 6.45) is 0.563. The minimum atomic E-state index is -4.19. The van der Waals surface area contributed by atoms with Crippen LogP contribution >= 0.6 is 0 Å². The molecule has 0 spiro atoms. The third-order valence-corrected chi connectivity index (χ3v) is 3.18. The zero-order chi connectivity index (χ0) is 12.5. The Bertz CT molecular complexity index is 679. The Kier molecular flexibility index (Phi) is 2.83. The molecule has 5 nitrogen and oxygen atoms in total. The molecule has 0 heterocycles. The summed E-state index contributed by atoms with van der Waals surface area (Å²) in [5.41, 5.74) is 0.618. The number of amides is 1. The third kappa shape index (κ3) is 2.43. The van der Waals surface area contributed by atoms with Gasteiger partial charge in [-0.15, -0.1) is 0 Å². The maximum absolute atomic E-state index is 10.9. The predicted molar refractivity (Wildman–Crippen MR) is 63.4 cm³/mol. The van der Waals surface area contributed by atoms with Gasteiger partial charge in [-0.05, 0) is 35.0 Å². The molecule has 0 fully saturated rings. The molecule has 0 unspecified atom stereocenters. The molecule has 0 saturated carbocycles. The summed E-state index contributed by atoms with van der Waals surface area (Å²) in [7, 11) is -4.19. The van der Waals surface area contributed by atoms with Crippen LogP contribution in [-0.2, 0) is 14.9 Å². The molecular formula is C11H9NO4S. The highest BCUT2D eigenvalue weighted by Crippen LogP contribution is 2.22. The molecule has 0 saturated heterocycles. The van der Waals surface area contributed by atoms with Gasteiger partial charge in [-0.1, -0.05) is 12.1 Å². The van der Waals surface area contributed by atoms with E-state index in [-0.39, 0.29) is 4.90 Å². The van der Waals surface area contributed by atoms with E-state index in [1.165, 1.54) is 12.1 Å². The second-order valence-corrected chi connectivity index (χ2v) is 4.88. The van der Waals surface area contributed by atoms with E-state index in [1.54, 1.807) is 24.3 Å². The van der Waals surface area contributed by atoms with E-state index < -0.39 is 10.1 Å². The van der Waals surface area contributed by atoms with E-state index in [0.29, 0.717) is 17.5 Å². The molecule has 0 aliphatic carbocycles. The molecule has 2 aromatic carbocycles. The van der Waals surface area contributed by atoms with Crippen molar-refractivity contribution in [3.63, 3.8) is 0 Å². The highest BCUT2D eigenvalue weighted by molar-refractivity contribution is 7.85. The van der Waals surface area contributed by atoms with Gasteiger partial charge in [0.15, 0.2) is 0 Å². The third-order valence-electron chi connectivity index (χ3n) is 2.34. The van der Waals surface area contributed by atoms with Gasteiger partial charge in [0.1, 0.15) is 0 Å². The molecular weight excluding hydrogens is 242 g/mol. The van der Waals surface area contributed by atoms with Crippen molar-refractivity contribution in [2.24, 2.45) is 0 Å². The fourth-order valence-electron chi connectivity index (χ4n) is 1.54. The Morgan fingerprint density at radius 2 is 1.71 bits per heavy atom. The average Bonchev–Trinajstić information content (AvgIpc) is 2.27. The van der Waals surface area contributed by atoms with E-state index >= 15 is 0 Å². The smallest absolute Gasteiger partial charge is 0.294 e. The standard InChI is InChI=1S/C11H9NO4S/c13-7-12-10-3-1-9-6-11(17(14,15)16)4-2-8(9)5-10/h1-7H,(H,12,13)(H,14,15,16). The van der Waals surface area contributed by atoms with Crippen molar-refractivity contribution in [3.8, 4) is 0 Å². The minimum absolute atomic E-state index is 0.152. The van der Waals surface area contributed by atoms with Crippen LogP contribution in [0.1, 0.15) is 0 Å². The molecule has 0 atom stereocenters. The van der Waals surface area contributed by atoms with E-state index in [0.717, 1.165) is 5.39 Å². The van der Waals surface area contributed by atoms with Gasteiger partial charge in [0.2, 0.25) is 6.41 Å². The van der Waals surface area contributed by atoms with Crippen molar-refractivity contribution < 1.29 is 17.8 Å². The lowest BCUT2D eigenvalue weighted by molar-refractivity contribution is -0.105. The van der Waals surface area contributed by atoms with Crippen LogP contribution in [0.3, 0.4) is 0 Å². The van der Waals surface area contributed by atoms with Crippen LogP contribution in [0, 0.1) is 0 Å². The molecule has 6 heteroatoms. The lowest BCUT2D eigenvalue weighted by Crippen LogP contribution is -1.97. The first-order valence-electron chi connectivity index (χ1n) is 4.72. The number of fused-ring (bicyclic) bond motifs is 1. The van der Waals surface area contributed by atoms with Crippen LogP contribution in [0.5, 0.6) is 0 Å². The monoisotopic (exact) mass is 251 g/mol. The number of anilines is 1. The van der Waals surface area contributed by atoms with E-state index in [2.05, 4.69) is 5.32 Å². The molecule has 2 N–H and O–H groups in total. The van der Waals surface area contributed by atoms with Gasteiger partial charge in [-0.2, -0.15) is 8.42 Å². The molecule has 0 aromatic heterocycles. The average molecular weight is 251 g/mol. The molecule has 88 valence electrons. The Balaban J connectivity index is 2.58. The van der Waals surface area contributed by atoms with E-state index in [1.807, 2.05) is 0 Å². The highest BCUT2D eigenvalue weighted by Gasteiger charge is 2.09. The number of carbonyl (C=O) groups excluding carboxylic acids is 1. The van der Waals surface area contributed by atoms with Gasteiger partial charge < -0.3 is 5.32 Å². The largest absolute Gasteiger partial charge is 0.329 e. The summed E-state index contributed by atoms with van der Waals surface area (Å²) >= 11 is 0. The topological polar surface area (TPSA) is 83.5 Å². The molecule has 17 heavy (non-hydrogen) atoms. The number of carbonyl (C=O) groups is 1. The molecule has 2 aromatic rings. The van der Waals surface area contributed by atoms with Gasteiger partial charge in [-0.3, -0.25) is 9.35 Å². The van der Waals surface area contributed by atoms with Crippen LogP contribution < -0.4 is 5.32 Å². The maximum Gasteiger partial charge on any atom is 0.294 e. The molecule has 2 rings (SSSR count). The number of benzene rings is 2. The molecule has 1 amide bonds.